The predicted molar refractivity (Wildman–Crippen MR) is 46.0 cm³/mol. The first-order chi connectivity index (χ1) is 6.15. The van der Waals surface area contributed by atoms with Crippen molar-refractivity contribution in [3.05, 3.63) is 0 Å². The van der Waals surface area contributed by atoms with Gasteiger partial charge in [0, 0.05) is 6.54 Å². The van der Waals surface area contributed by atoms with Gasteiger partial charge in [-0.05, 0) is 12.8 Å². The lowest BCUT2D eigenvalue weighted by Crippen LogP contribution is -2.33. The molecule has 0 aliphatic carbocycles. The van der Waals surface area contributed by atoms with Gasteiger partial charge in [0.15, 0.2) is 0 Å². The van der Waals surface area contributed by atoms with Crippen LogP contribution in [0.3, 0.4) is 0 Å². The molecule has 0 saturated carbocycles. The summed E-state index contributed by atoms with van der Waals surface area (Å²) in [6, 6.07) is -0.353. The van der Waals surface area contributed by atoms with Crippen LogP contribution >= 0.6 is 0 Å². The van der Waals surface area contributed by atoms with E-state index in [1.807, 2.05) is 6.92 Å². The van der Waals surface area contributed by atoms with E-state index >= 15 is 0 Å². The third-order valence-electron chi connectivity index (χ3n) is 2.09. The Morgan fingerprint density at radius 1 is 1.62 bits per heavy atom. The van der Waals surface area contributed by atoms with E-state index in [1.165, 1.54) is 0 Å². The largest absolute Gasteiger partial charge is 0.393 e. The van der Waals surface area contributed by atoms with Gasteiger partial charge in [0.25, 0.3) is 0 Å². The van der Waals surface area contributed by atoms with Crippen molar-refractivity contribution in [2.45, 2.75) is 25.9 Å². The summed E-state index contributed by atoms with van der Waals surface area (Å²) in [5.74, 6) is -0.215. The molecule has 0 spiro atoms. The van der Waals surface area contributed by atoms with E-state index in [4.69, 9.17) is 0 Å². The number of carbonyl (C=O) groups is 2. The second-order valence-electron chi connectivity index (χ2n) is 3.05. The van der Waals surface area contributed by atoms with Gasteiger partial charge in [0.1, 0.15) is 0 Å². The third-order valence-corrected chi connectivity index (χ3v) is 2.09. The van der Waals surface area contributed by atoms with Crippen molar-refractivity contribution in [3.63, 3.8) is 0 Å². The molecule has 1 fully saturated rings. The minimum Gasteiger partial charge on any atom is -0.393 e. The topological polar surface area (TPSA) is 69.6 Å². The molecule has 0 radical (unpaired) electrons. The van der Waals surface area contributed by atoms with E-state index in [0.717, 1.165) is 4.90 Å². The Morgan fingerprint density at radius 3 is 2.77 bits per heavy atom. The maximum atomic E-state index is 11.0. The Labute approximate surface area is 76.7 Å². The van der Waals surface area contributed by atoms with Gasteiger partial charge >= 0.3 is 6.03 Å². The predicted octanol–water partition coefficient (Wildman–Crippen LogP) is -0.301. The number of hydrogen-bond acceptors (Lipinski definition) is 3. The van der Waals surface area contributed by atoms with Gasteiger partial charge < -0.3 is 10.4 Å². The highest BCUT2D eigenvalue weighted by Crippen LogP contribution is 2.03. The molecule has 0 aromatic heterocycles. The van der Waals surface area contributed by atoms with Gasteiger partial charge in [-0.3, -0.25) is 9.69 Å². The van der Waals surface area contributed by atoms with Crippen molar-refractivity contribution in [2.24, 2.45) is 0 Å². The molecule has 2 N–H and O–H groups in total. The second kappa shape index (κ2) is 4.23. The van der Waals surface area contributed by atoms with Gasteiger partial charge in [-0.15, -0.1) is 0 Å². The Hall–Kier alpha value is -1.10. The molecular weight excluding hydrogens is 172 g/mol. The lowest BCUT2D eigenvalue weighted by atomic mass is 10.2. The van der Waals surface area contributed by atoms with Gasteiger partial charge in [0.2, 0.25) is 5.91 Å². The minimum atomic E-state index is -0.429. The molecule has 5 nitrogen and oxygen atoms in total. The Kier molecular flexibility index (Phi) is 3.25. The molecule has 5 heteroatoms. The first-order valence-corrected chi connectivity index (χ1v) is 4.41. The molecule has 1 unspecified atom stereocenters. The molecule has 1 aliphatic rings. The Bertz CT molecular complexity index is 201. The normalized spacial score (nSPS) is 19.1. The fourth-order valence-corrected chi connectivity index (χ4v) is 1.16. The average Bonchev–Trinajstić information content (AvgIpc) is 2.43. The Morgan fingerprint density at radius 2 is 2.31 bits per heavy atom. The van der Waals surface area contributed by atoms with Crippen LogP contribution in [-0.2, 0) is 4.79 Å². The van der Waals surface area contributed by atoms with Crippen LogP contribution in [0.1, 0.15) is 19.8 Å². The molecular formula is C8H14N2O3. The van der Waals surface area contributed by atoms with Gasteiger partial charge in [0.05, 0.1) is 12.6 Å². The zero-order valence-electron chi connectivity index (χ0n) is 7.62. The molecule has 1 rings (SSSR count). The van der Waals surface area contributed by atoms with Gasteiger partial charge in [-0.1, -0.05) is 6.92 Å². The number of nitrogens with one attached hydrogen (secondary N) is 1. The van der Waals surface area contributed by atoms with Crippen molar-refractivity contribution in [2.75, 3.05) is 13.1 Å². The summed E-state index contributed by atoms with van der Waals surface area (Å²) in [5, 5.41) is 11.6. The number of hydrogen-bond donors (Lipinski definition) is 2. The van der Waals surface area contributed by atoms with Crippen LogP contribution in [0.5, 0.6) is 0 Å². The van der Waals surface area contributed by atoms with Crippen LogP contribution < -0.4 is 5.32 Å². The number of amides is 3. The quantitative estimate of drug-likeness (QED) is 0.592. The van der Waals surface area contributed by atoms with Crippen LogP contribution in [0.4, 0.5) is 4.79 Å². The maximum Gasteiger partial charge on any atom is 0.324 e. The lowest BCUT2D eigenvalue weighted by Gasteiger charge is -2.14. The zero-order chi connectivity index (χ0) is 9.84. The van der Waals surface area contributed by atoms with Crippen molar-refractivity contribution in [3.8, 4) is 0 Å². The summed E-state index contributed by atoms with van der Waals surface area (Å²) in [5.41, 5.74) is 0. The van der Waals surface area contributed by atoms with Crippen molar-refractivity contribution in [1.82, 2.24) is 10.2 Å². The highest BCUT2D eigenvalue weighted by atomic mass is 16.3. The maximum absolute atomic E-state index is 11.0. The third kappa shape index (κ3) is 2.42. The van der Waals surface area contributed by atoms with E-state index in [0.29, 0.717) is 19.4 Å². The number of nitrogens with zero attached hydrogens (tertiary/aromatic N) is 1. The van der Waals surface area contributed by atoms with Gasteiger partial charge in [-0.2, -0.15) is 0 Å². The monoisotopic (exact) mass is 186 g/mol. The second-order valence-corrected chi connectivity index (χ2v) is 3.05. The molecule has 0 aromatic rings. The number of aliphatic hydroxyl groups is 1. The van der Waals surface area contributed by atoms with E-state index in [9.17, 15) is 14.7 Å². The first kappa shape index (κ1) is 9.98. The van der Waals surface area contributed by atoms with E-state index in [-0.39, 0.29) is 18.5 Å². The van der Waals surface area contributed by atoms with Crippen LogP contribution in [-0.4, -0.2) is 41.1 Å². The number of urea groups is 1. The molecule has 1 heterocycles. The number of imide groups is 1. The molecule has 0 bridgehead atoms. The Balaban J connectivity index is 2.35. The van der Waals surface area contributed by atoms with Crippen molar-refractivity contribution in [1.29, 1.82) is 0 Å². The standard InChI is InChI=1S/C8H14N2O3/c1-2-6(11)3-4-10-7(12)5-9-8(10)13/h6,11H,2-5H2,1H3,(H,9,13). The molecule has 1 saturated heterocycles. The highest BCUT2D eigenvalue weighted by molar-refractivity contribution is 6.01. The smallest absolute Gasteiger partial charge is 0.324 e. The molecule has 1 atom stereocenters. The van der Waals surface area contributed by atoms with E-state index < -0.39 is 6.10 Å². The summed E-state index contributed by atoms with van der Waals surface area (Å²) >= 11 is 0. The highest BCUT2D eigenvalue weighted by Gasteiger charge is 2.28. The summed E-state index contributed by atoms with van der Waals surface area (Å²) in [6.07, 6.45) is 0.667. The summed E-state index contributed by atoms with van der Waals surface area (Å²) in [4.78, 5) is 23.2. The number of aliphatic hydroxyl groups excluding tert-OH is 1. The van der Waals surface area contributed by atoms with Crippen LogP contribution in [0.15, 0.2) is 0 Å². The average molecular weight is 186 g/mol. The fourth-order valence-electron chi connectivity index (χ4n) is 1.16. The minimum absolute atomic E-state index is 0.0844. The molecule has 13 heavy (non-hydrogen) atoms. The number of carbonyl (C=O) groups excluding carboxylic acids is 2. The zero-order valence-corrected chi connectivity index (χ0v) is 7.62. The van der Waals surface area contributed by atoms with Crippen LogP contribution in [0.25, 0.3) is 0 Å². The first-order valence-electron chi connectivity index (χ1n) is 4.41. The van der Waals surface area contributed by atoms with E-state index in [1.54, 1.807) is 0 Å². The fraction of sp³-hybridized carbons (Fsp3) is 0.750. The molecule has 74 valence electrons. The van der Waals surface area contributed by atoms with Crippen LogP contribution in [0.2, 0.25) is 0 Å². The summed E-state index contributed by atoms with van der Waals surface area (Å²) < 4.78 is 0. The van der Waals surface area contributed by atoms with E-state index in [2.05, 4.69) is 5.32 Å². The summed E-state index contributed by atoms with van der Waals surface area (Å²) in [6.45, 7) is 2.25. The van der Waals surface area contributed by atoms with Crippen molar-refractivity contribution >= 4 is 11.9 Å². The number of rotatable bonds is 4. The van der Waals surface area contributed by atoms with Crippen LogP contribution in [0, 0.1) is 0 Å². The molecule has 3 amide bonds. The molecule has 1 aliphatic heterocycles. The SMILES string of the molecule is CCC(O)CCN1C(=O)CNC1=O. The van der Waals surface area contributed by atoms with Crippen molar-refractivity contribution < 1.29 is 14.7 Å². The molecule has 0 aromatic carbocycles. The summed E-state index contributed by atoms with van der Waals surface area (Å²) in [7, 11) is 0. The lowest BCUT2D eigenvalue weighted by molar-refractivity contribution is -0.125. The van der Waals surface area contributed by atoms with Gasteiger partial charge in [-0.25, -0.2) is 4.79 Å².